The third kappa shape index (κ3) is 3.56. The number of hydrogen-bond acceptors (Lipinski definition) is 5. The van der Waals surface area contributed by atoms with Crippen LogP contribution in [0.3, 0.4) is 0 Å². The van der Waals surface area contributed by atoms with Crippen molar-refractivity contribution in [1.29, 1.82) is 5.26 Å². The van der Waals surface area contributed by atoms with Crippen molar-refractivity contribution in [3.63, 3.8) is 0 Å². The molecule has 1 aliphatic heterocycles. The number of fused-ring (bicyclic) bond motifs is 1. The van der Waals surface area contributed by atoms with Gasteiger partial charge in [0.1, 0.15) is 17.6 Å². The number of benzene rings is 3. The highest BCUT2D eigenvalue weighted by atomic mass is 16.5. The van der Waals surface area contributed by atoms with Gasteiger partial charge < -0.3 is 14.8 Å². The van der Waals surface area contributed by atoms with Crippen molar-refractivity contribution in [2.75, 3.05) is 19.5 Å². The summed E-state index contributed by atoms with van der Waals surface area (Å²) in [6.07, 6.45) is 0. The lowest BCUT2D eigenvalue weighted by molar-refractivity contribution is 0.415. The number of allylic oxidation sites excluding steroid dienone is 2. The van der Waals surface area contributed by atoms with Crippen LogP contribution in [0.15, 0.2) is 83.5 Å². The molecule has 0 aromatic heterocycles. The average molecular weight is 381 g/mol. The van der Waals surface area contributed by atoms with Gasteiger partial charge in [0.2, 0.25) is 0 Å². The third-order valence-electron chi connectivity index (χ3n) is 4.72. The Labute approximate surface area is 169 Å². The highest BCUT2D eigenvalue weighted by Crippen LogP contribution is 2.36. The summed E-state index contributed by atoms with van der Waals surface area (Å²) in [5.41, 5.74) is 5.28. The van der Waals surface area contributed by atoms with Gasteiger partial charge in [0.25, 0.3) is 0 Å². The van der Waals surface area contributed by atoms with Crippen LogP contribution in [0.2, 0.25) is 0 Å². The molecule has 0 saturated carbocycles. The van der Waals surface area contributed by atoms with E-state index in [-0.39, 0.29) is 0 Å². The summed E-state index contributed by atoms with van der Waals surface area (Å²) < 4.78 is 10.6. The van der Waals surface area contributed by atoms with Gasteiger partial charge in [-0.3, -0.25) is 0 Å². The van der Waals surface area contributed by atoms with Gasteiger partial charge in [0.15, 0.2) is 0 Å². The minimum Gasteiger partial charge on any atom is -0.497 e. The molecule has 142 valence electrons. The summed E-state index contributed by atoms with van der Waals surface area (Å²) in [6, 6.07) is 25.2. The smallest absolute Gasteiger partial charge is 0.119 e. The number of nitrogens with zero attached hydrogens (tertiary/aromatic N) is 2. The number of nitrogens with one attached hydrogen (secondary N) is 1. The quantitative estimate of drug-likeness (QED) is 0.632. The highest BCUT2D eigenvalue weighted by molar-refractivity contribution is 6.26. The van der Waals surface area contributed by atoms with Gasteiger partial charge in [-0.25, -0.2) is 4.99 Å². The topological polar surface area (TPSA) is 66.6 Å². The monoisotopic (exact) mass is 381 g/mol. The van der Waals surface area contributed by atoms with Crippen molar-refractivity contribution in [3.8, 4) is 17.6 Å². The van der Waals surface area contributed by atoms with Crippen LogP contribution in [-0.4, -0.2) is 19.9 Å². The van der Waals surface area contributed by atoms with E-state index in [1.165, 1.54) is 0 Å². The Kier molecular flexibility index (Phi) is 5.00. The van der Waals surface area contributed by atoms with Gasteiger partial charge in [-0.1, -0.05) is 30.3 Å². The predicted molar refractivity (Wildman–Crippen MR) is 115 cm³/mol. The minimum absolute atomic E-state index is 0.535. The molecule has 0 unspecified atom stereocenters. The second kappa shape index (κ2) is 7.91. The second-order valence-corrected chi connectivity index (χ2v) is 6.42. The first kappa shape index (κ1) is 18.3. The van der Waals surface area contributed by atoms with E-state index < -0.39 is 0 Å². The second-order valence-electron chi connectivity index (χ2n) is 6.42. The number of methoxy groups -OCH3 is 2. The zero-order valence-corrected chi connectivity index (χ0v) is 16.1. The van der Waals surface area contributed by atoms with Gasteiger partial charge in [-0.05, 0) is 48.0 Å². The van der Waals surface area contributed by atoms with Gasteiger partial charge >= 0.3 is 0 Å². The third-order valence-corrected chi connectivity index (χ3v) is 4.72. The first-order chi connectivity index (χ1) is 14.2. The van der Waals surface area contributed by atoms with Crippen LogP contribution >= 0.6 is 0 Å². The number of nitriles is 1. The van der Waals surface area contributed by atoms with Crippen LogP contribution in [0.4, 0.5) is 11.4 Å². The van der Waals surface area contributed by atoms with E-state index >= 15 is 0 Å². The molecule has 5 nitrogen and oxygen atoms in total. The Morgan fingerprint density at radius 2 is 1.59 bits per heavy atom. The van der Waals surface area contributed by atoms with E-state index in [9.17, 15) is 5.26 Å². The summed E-state index contributed by atoms with van der Waals surface area (Å²) in [6.45, 7) is 0. The van der Waals surface area contributed by atoms with Crippen LogP contribution in [-0.2, 0) is 0 Å². The van der Waals surface area contributed by atoms with Gasteiger partial charge in [-0.2, -0.15) is 5.26 Å². The molecule has 3 aromatic carbocycles. The zero-order valence-electron chi connectivity index (χ0n) is 16.1. The maximum atomic E-state index is 9.93. The number of anilines is 1. The van der Waals surface area contributed by atoms with E-state index in [1.54, 1.807) is 14.2 Å². The lowest BCUT2D eigenvalue weighted by atomic mass is 10.0. The largest absolute Gasteiger partial charge is 0.497 e. The molecule has 0 amide bonds. The molecular formula is C24H19N3O2. The van der Waals surface area contributed by atoms with Crippen molar-refractivity contribution >= 4 is 22.7 Å². The number of ether oxygens (including phenoxy) is 2. The Bertz CT molecular complexity index is 1140. The SMILES string of the molecule is COc1ccc(N=C2/C(=C(\C#N)c3ccccc3)Nc3ccc(OC)cc32)cc1. The van der Waals surface area contributed by atoms with E-state index in [0.717, 1.165) is 34.0 Å². The number of hydrogen-bond donors (Lipinski definition) is 1. The van der Waals surface area contributed by atoms with Gasteiger partial charge in [0, 0.05) is 11.3 Å². The molecular weight excluding hydrogens is 362 g/mol. The van der Waals surface area contributed by atoms with Crippen molar-refractivity contribution in [1.82, 2.24) is 0 Å². The summed E-state index contributed by atoms with van der Waals surface area (Å²) in [7, 11) is 3.26. The molecule has 0 bridgehead atoms. The molecule has 0 fully saturated rings. The molecule has 0 atom stereocenters. The average Bonchev–Trinajstić information content (AvgIpc) is 3.12. The molecule has 0 saturated heterocycles. The highest BCUT2D eigenvalue weighted by Gasteiger charge is 2.27. The molecule has 0 spiro atoms. The van der Waals surface area contributed by atoms with Crippen LogP contribution in [0, 0.1) is 11.3 Å². The lowest BCUT2D eigenvalue weighted by Crippen LogP contribution is -2.05. The predicted octanol–water partition coefficient (Wildman–Crippen LogP) is 5.18. The Morgan fingerprint density at radius 1 is 0.897 bits per heavy atom. The standard InChI is InChI=1S/C24H19N3O2/c1-28-18-10-8-17(9-11-18)26-23-20-14-19(29-2)12-13-22(20)27-24(23)21(15-25)16-6-4-3-5-7-16/h3-14,27H,1-2H3/b24-21-,26-23?. The van der Waals surface area contributed by atoms with Gasteiger partial charge in [-0.15, -0.1) is 0 Å². The Hall–Kier alpha value is -4.04. The Morgan fingerprint density at radius 3 is 2.24 bits per heavy atom. The van der Waals surface area contributed by atoms with Crippen LogP contribution in [0.1, 0.15) is 11.1 Å². The summed E-state index contributed by atoms with van der Waals surface area (Å²) in [5, 5.41) is 13.3. The molecule has 4 rings (SSSR count). The normalized spacial score (nSPS) is 15.3. The van der Waals surface area contributed by atoms with E-state index in [4.69, 9.17) is 14.5 Å². The molecule has 1 heterocycles. The molecule has 0 radical (unpaired) electrons. The van der Waals surface area contributed by atoms with Crippen molar-refractivity contribution in [2.24, 2.45) is 4.99 Å². The van der Waals surface area contributed by atoms with Crippen LogP contribution < -0.4 is 14.8 Å². The van der Waals surface area contributed by atoms with Gasteiger partial charge in [0.05, 0.1) is 36.9 Å². The molecule has 0 aliphatic carbocycles. The van der Waals surface area contributed by atoms with Crippen molar-refractivity contribution < 1.29 is 9.47 Å². The minimum atomic E-state index is 0.535. The van der Waals surface area contributed by atoms with Crippen LogP contribution in [0.25, 0.3) is 5.57 Å². The van der Waals surface area contributed by atoms with E-state index in [0.29, 0.717) is 17.0 Å². The zero-order chi connectivity index (χ0) is 20.2. The molecule has 29 heavy (non-hydrogen) atoms. The summed E-state index contributed by atoms with van der Waals surface area (Å²) in [4.78, 5) is 4.86. The maximum absolute atomic E-state index is 9.93. The fraction of sp³-hybridized carbons (Fsp3) is 0.0833. The molecule has 3 aromatic rings. The summed E-state index contributed by atoms with van der Waals surface area (Å²) >= 11 is 0. The Balaban J connectivity index is 1.92. The lowest BCUT2D eigenvalue weighted by Gasteiger charge is -2.07. The fourth-order valence-corrected chi connectivity index (χ4v) is 3.24. The summed E-state index contributed by atoms with van der Waals surface area (Å²) in [5.74, 6) is 1.49. The maximum Gasteiger partial charge on any atom is 0.119 e. The van der Waals surface area contributed by atoms with E-state index in [2.05, 4.69) is 11.4 Å². The van der Waals surface area contributed by atoms with E-state index in [1.807, 2.05) is 72.8 Å². The first-order valence-electron chi connectivity index (χ1n) is 9.12. The number of aliphatic imine (C=N–C) groups is 1. The molecule has 1 aliphatic rings. The van der Waals surface area contributed by atoms with Crippen LogP contribution in [0.5, 0.6) is 11.5 Å². The number of rotatable bonds is 4. The fourth-order valence-electron chi connectivity index (χ4n) is 3.24. The van der Waals surface area contributed by atoms with Crippen molar-refractivity contribution in [2.45, 2.75) is 0 Å². The first-order valence-corrected chi connectivity index (χ1v) is 9.12. The molecule has 1 N–H and O–H groups in total. The van der Waals surface area contributed by atoms with Crippen molar-refractivity contribution in [3.05, 3.63) is 89.6 Å². The molecule has 5 heteroatoms.